The molecule has 0 spiro atoms. The maximum Gasteiger partial charge on any atom is 1.00 e. The van der Waals surface area contributed by atoms with E-state index in [1.165, 1.54) is 12.8 Å². The van der Waals surface area contributed by atoms with E-state index in [4.69, 9.17) is 5.26 Å². The van der Waals surface area contributed by atoms with Crippen molar-refractivity contribution in [3.8, 4) is 6.07 Å². The van der Waals surface area contributed by atoms with Crippen LogP contribution >= 0.6 is 11.8 Å². The fourth-order valence-electron chi connectivity index (χ4n) is 3.67. The Morgan fingerprint density at radius 3 is 2.67 bits per heavy atom. The van der Waals surface area contributed by atoms with Crippen molar-refractivity contribution >= 4 is 34.6 Å². The van der Waals surface area contributed by atoms with Crippen LogP contribution in [-0.4, -0.2) is 39.1 Å². The Kier molecular flexibility index (Phi) is 8.75. The van der Waals surface area contributed by atoms with Gasteiger partial charge in [-0.25, -0.2) is 0 Å². The molecule has 0 aliphatic carbocycles. The van der Waals surface area contributed by atoms with Gasteiger partial charge in [-0.2, -0.15) is 16.4 Å². The Hall–Kier alpha value is -2.57. The molecular formula is C24H23N6NaOS. The van der Waals surface area contributed by atoms with Gasteiger partial charge in [-0.3, -0.25) is 10.1 Å². The second-order valence-corrected chi connectivity index (χ2v) is 8.68. The summed E-state index contributed by atoms with van der Waals surface area (Å²) < 4.78 is 1.85. The maximum absolute atomic E-state index is 10.8. The Labute approximate surface area is 219 Å². The van der Waals surface area contributed by atoms with Crippen molar-refractivity contribution in [3.05, 3.63) is 65.9 Å². The minimum atomic E-state index is 0. The van der Waals surface area contributed by atoms with Crippen LogP contribution in [0.4, 0.5) is 5.69 Å². The molecule has 4 aromatic rings. The van der Waals surface area contributed by atoms with Crippen LogP contribution in [0.25, 0.3) is 10.9 Å². The summed E-state index contributed by atoms with van der Waals surface area (Å²) in [5, 5.41) is 16.9. The monoisotopic (exact) mass is 466 g/mol. The number of nitriles is 1. The first-order chi connectivity index (χ1) is 15.6. The SMILES string of the molecule is Cc1c(Sc2ccc3[nH]ncc3c2)cc([C-]=O)n1C.N#Cc1ccncc1N1CCCC1.[Na+]. The number of anilines is 1. The number of nitrogens with one attached hydrogen (secondary N) is 1. The van der Waals surface area contributed by atoms with Crippen LogP contribution in [-0.2, 0) is 11.8 Å². The fraction of sp³-hybridized carbons (Fsp3) is 0.250. The third-order valence-corrected chi connectivity index (χ3v) is 6.72. The summed E-state index contributed by atoms with van der Waals surface area (Å²) in [6, 6.07) is 12.0. The third-order valence-electron chi connectivity index (χ3n) is 5.60. The van der Waals surface area contributed by atoms with Gasteiger partial charge in [0.15, 0.2) is 0 Å². The van der Waals surface area contributed by atoms with Gasteiger partial charge in [-0.15, -0.1) is 11.8 Å². The van der Waals surface area contributed by atoms with E-state index >= 15 is 0 Å². The molecule has 0 radical (unpaired) electrons. The number of hydrogen-bond donors (Lipinski definition) is 1. The second kappa shape index (κ2) is 11.5. The van der Waals surface area contributed by atoms with Gasteiger partial charge in [0.2, 0.25) is 0 Å². The zero-order valence-electron chi connectivity index (χ0n) is 19.0. The number of benzene rings is 1. The molecule has 1 saturated heterocycles. The number of rotatable bonds is 4. The van der Waals surface area contributed by atoms with Gasteiger partial charge in [-0.05, 0) is 48.9 Å². The van der Waals surface area contributed by atoms with Crippen LogP contribution in [0.5, 0.6) is 0 Å². The average Bonchev–Trinajstić information content (AvgIpc) is 3.57. The second-order valence-electron chi connectivity index (χ2n) is 7.56. The van der Waals surface area contributed by atoms with Crippen LogP contribution in [0.15, 0.2) is 58.7 Å². The van der Waals surface area contributed by atoms with E-state index in [-0.39, 0.29) is 29.6 Å². The quantitative estimate of drug-likeness (QED) is 0.361. The minimum absolute atomic E-state index is 0. The zero-order valence-corrected chi connectivity index (χ0v) is 21.8. The molecule has 0 atom stereocenters. The third kappa shape index (κ3) is 5.68. The molecular weight excluding hydrogens is 443 g/mol. The molecule has 5 rings (SSSR count). The normalized spacial score (nSPS) is 12.6. The van der Waals surface area contributed by atoms with Gasteiger partial charge in [0.05, 0.1) is 29.2 Å². The summed E-state index contributed by atoms with van der Waals surface area (Å²) in [6.07, 6.45) is 9.65. The molecule has 0 bridgehead atoms. The molecule has 1 aliphatic heterocycles. The van der Waals surface area contributed by atoms with Gasteiger partial charge < -0.3 is 14.3 Å². The van der Waals surface area contributed by atoms with Crippen molar-refractivity contribution in [1.82, 2.24) is 19.7 Å². The zero-order chi connectivity index (χ0) is 22.5. The fourth-order valence-corrected chi connectivity index (χ4v) is 4.71. The standard InChI is InChI=1S/C14H12N3OS.C10H11N3.Na/c1-9-14(6-11(8-18)17(9)2)19-12-3-4-13-10(5-12)7-15-16-13;11-7-9-3-4-12-8-10(9)13-5-1-2-6-13;/h3-7H,1-2H3,(H,15,16);3-4,8H,1-2,5-6H2;/q-1;;+1. The maximum atomic E-state index is 10.8. The molecule has 1 aliphatic rings. The number of aromatic nitrogens is 4. The van der Waals surface area contributed by atoms with E-state index in [0.717, 1.165) is 50.7 Å². The molecule has 0 unspecified atom stereocenters. The minimum Gasteiger partial charge on any atom is -0.417 e. The smallest absolute Gasteiger partial charge is 0.417 e. The number of pyridine rings is 1. The number of H-pyrrole nitrogens is 1. The molecule has 4 heterocycles. The average molecular weight is 467 g/mol. The van der Waals surface area contributed by atoms with E-state index in [1.54, 1.807) is 30.2 Å². The van der Waals surface area contributed by atoms with E-state index in [2.05, 4.69) is 32.2 Å². The molecule has 3 aromatic heterocycles. The molecule has 1 aromatic carbocycles. The van der Waals surface area contributed by atoms with Gasteiger partial charge in [0.1, 0.15) is 6.07 Å². The summed E-state index contributed by atoms with van der Waals surface area (Å²) in [4.78, 5) is 19.3. The van der Waals surface area contributed by atoms with E-state index in [0.29, 0.717) is 5.69 Å². The van der Waals surface area contributed by atoms with Crippen molar-refractivity contribution < 1.29 is 34.4 Å². The topological polar surface area (TPSA) is 90.6 Å². The van der Waals surface area contributed by atoms with E-state index in [9.17, 15) is 4.79 Å². The number of fused-ring (bicyclic) bond motifs is 1. The molecule has 33 heavy (non-hydrogen) atoms. The number of nitrogens with zero attached hydrogens (tertiary/aromatic N) is 5. The van der Waals surface area contributed by atoms with Crippen molar-refractivity contribution in [2.75, 3.05) is 18.0 Å². The Bertz CT molecular complexity index is 1290. The van der Waals surface area contributed by atoms with Gasteiger partial charge >= 0.3 is 29.6 Å². The number of hydrogen-bond acceptors (Lipinski definition) is 6. The van der Waals surface area contributed by atoms with Crippen molar-refractivity contribution in [2.45, 2.75) is 29.6 Å². The van der Waals surface area contributed by atoms with E-state index < -0.39 is 0 Å². The summed E-state index contributed by atoms with van der Waals surface area (Å²) >= 11 is 1.64. The Morgan fingerprint density at radius 1 is 1.18 bits per heavy atom. The molecule has 0 saturated carbocycles. The van der Waals surface area contributed by atoms with Crippen LogP contribution in [0, 0.1) is 18.3 Å². The molecule has 1 fully saturated rings. The van der Waals surface area contributed by atoms with E-state index in [1.807, 2.05) is 49.2 Å². The van der Waals surface area contributed by atoms with Gasteiger partial charge in [0.25, 0.3) is 0 Å². The van der Waals surface area contributed by atoms with Gasteiger partial charge in [-0.1, -0.05) is 5.69 Å². The van der Waals surface area contributed by atoms with Gasteiger partial charge in [0, 0.05) is 48.6 Å². The predicted octanol–water partition coefficient (Wildman–Crippen LogP) is 1.38. The van der Waals surface area contributed by atoms with Crippen molar-refractivity contribution in [2.24, 2.45) is 7.05 Å². The Balaban J connectivity index is 0.000000192. The molecule has 1 N–H and O–H groups in total. The van der Waals surface area contributed by atoms with Crippen LogP contribution < -0.4 is 34.5 Å². The first-order valence-corrected chi connectivity index (χ1v) is 11.2. The van der Waals surface area contributed by atoms with Crippen LogP contribution in [0.2, 0.25) is 0 Å². The van der Waals surface area contributed by atoms with Crippen LogP contribution in [0.3, 0.4) is 0 Å². The molecule has 7 nitrogen and oxygen atoms in total. The number of aromatic amines is 1. The van der Waals surface area contributed by atoms with Crippen molar-refractivity contribution in [1.29, 1.82) is 5.26 Å². The summed E-state index contributed by atoms with van der Waals surface area (Å²) in [5.41, 5.74) is 4.38. The molecule has 0 amide bonds. The molecule has 162 valence electrons. The van der Waals surface area contributed by atoms with Crippen LogP contribution in [0.1, 0.15) is 29.8 Å². The largest absolute Gasteiger partial charge is 1.00 e. The Morgan fingerprint density at radius 2 is 1.97 bits per heavy atom. The molecule has 9 heteroatoms. The summed E-state index contributed by atoms with van der Waals surface area (Å²) in [7, 11) is 1.87. The summed E-state index contributed by atoms with van der Waals surface area (Å²) in [6.45, 7) is 4.11. The number of carbonyl (C=O) groups excluding carboxylic acids is 1. The predicted molar refractivity (Wildman–Crippen MR) is 126 cm³/mol. The first kappa shape index (κ1) is 25.1. The summed E-state index contributed by atoms with van der Waals surface area (Å²) in [5.74, 6) is 0. The first-order valence-electron chi connectivity index (χ1n) is 10.3. The van der Waals surface area contributed by atoms with Crippen molar-refractivity contribution in [3.63, 3.8) is 0 Å².